The van der Waals surface area contributed by atoms with Gasteiger partial charge in [-0.1, -0.05) is 0 Å². The molecule has 0 amide bonds. The summed E-state index contributed by atoms with van der Waals surface area (Å²) in [6, 6.07) is 7.50. The summed E-state index contributed by atoms with van der Waals surface area (Å²) in [4.78, 5) is 29.8. The van der Waals surface area contributed by atoms with Crippen LogP contribution in [0.3, 0.4) is 0 Å². The van der Waals surface area contributed by atoms with Crippen LogP contribution in [0.2, 0.25) is 0 Å². The molecular formula is C16H13F3N2O3. The molecule has 0 saturated heterocycles. The molecule has 2 aromatic rings. The number of rotatable bonds is 5. The lowest BCUT2D eigenvalue weighted by atomic mass is 10.0. The van der Waals surface area contributed by atoms with E-state index in [9.17, 15) is 22.8 Å². The summed E-state index contributed by atoms with van der Waals surface area (Å²) >= 11 is 0. The first-order valence-corrected chi connectivity index (χ1v) is 6.82. The third-order valence-electron chi connectivity index (χ3n) is 3.13. The standard InChI is InChI=1S/C16H13F3N2O3/c1-20-13(11-4-7-15(23)21-9-11)8-14(22)10-2-5-12(6-3-10)24-16(17,18)19/h2-7,9H,8H2,1H3,(H,21,23). The largest absolute Gasteiger partial charge is 0.573 e. The Labute approximate surface area is 134 Å². The van der Waals surface area contributed by atoms with Gasteiger partial charge in [0.1, 0.15) is 5.75 Å². The van der Waals surface area contributed by atoms with Gasteiger partial charge < -0.3 is 9.72 Å². The lowest BCUT2D eigenvalue weighted by Gasteiger charge is -2.09. The number of ketones is 1. The Morgan fingerprint density at radius 2 is 1.75 bits per heavy atom. The number of carbonyl (C=O) groups excluding carboxylic acids is 1. The van der Waals surface area contributed by atoms with Crippen molar-refractivity contribution < 1.29 is 22.7 Å². The van der Waals surface area contributed by atoms with Crippen LogP contribution in [0.5, 0.6) is 5.75 Å². The smallest absolute Gasteiger partial charge is 0.406 e. The monoisotopic (exact) mass is 338 g/mol. The molecule has 1 aromatic heterocycles. The van der Waals surface area contributed by atoms with Crippen LogP contribution in [0, 0.1) is 0 Å². The molecule has 0 bridgehead atoms. The van der Waals surface area contributed by atoms with Crippen LogP contribution >= 0.6 is 0 Å². The molecule has 0 radical (unpaired) electrons. The minimum atomic E-state index is -4.78. The molecule has 126 valence electrons. The number of aliphatic imine (C=N–C) groups is 1. The van der Waals surface area contributed by atoms with E-state index >= 15 is 0 Å². The van der Waals surface area contributed by atoms with Crippen LogP contribution < -0.4 is 10.3 Å². The van der Waals surface area contributed by atoms with Gasteiger partial charge in [-0.05, 0) is 30.3 Å². The van der Waals surface area contributed by atoms with Crippen LogP contribution in [0.15, 0.2) is 52.4 Å². The normalized spacial score (nSPS) is 12.1. The summed E-state index contributed by atoms with van der Waals surface area (Å²) in [7, 11) is 1.51. The summed E-state index contributed by atoms with van der Waals surface area (Å²) in [5.74, 6) is -0.718. The number of ether oxygens (including phenoxy) is 1. The molecule has 8 heteroatoms. The third kappa shape index (κ3) is 4.80. The van der Waals surface area contributed by atoms with E-state index in [1.165, 1.54) is 37.5 Å². The van der Waals surface area contributed by atoms with Crippen molar-refractivity contribution in [2.24, 2.45) is 4.99 Å². The Bertz CT molecular complexity index is 788. The lowest BCUT2D eigenvalue weighted by Crippen LogP contribution is -2.17. The van der Waals surface area contributed by atoms with Gasteiger partial charge in [0.25, 0.3) is 0 Å². The zero-order valence-electron chi connectivity index (χ0n) is 12.6. The van der Waals surface area contributed by atoms with Crippen LogP contribution in [-0.2, 0) is 0 Å². The minimum Gasteiger partial charge on any atom is -0.406 e. The highest BCUT2D eigenvalue weighted by atomic mass is 19.4. The highest BCUT2D eigenvalue weighted by Gasteiger charge is 2.31. The number of aromatic amines is 1. The maximum Gasteiger partial charge on any atom is 0.573 e. The molecule has 0 spiro atoms. The zero-order valence-corrected chi connectivity index (χ0v) is 12.6. The summed E-state index contributed by atoms with van der Waals surface area (Å²) in [6.45, 7) is 0. The summed E-state index contributed by atoms with van der Waals surface area (Å²) in [6.07, 6.45) is -3.39. The number of hydrogen-bond donors (Lipinski definition) is 1. The molecule has 1 heterocycles. The number of benzene rings is 1. The molecule has 0 aliphatic heterocycles. The molecule has 1 N–H and O–H groups in total. The molecule has 24 heavy (non-hydrogen) atoms. The van der Waals surface area contributed by atoms with Crippen LogP contribution in [0.25, 0.3) is 0 Å². The number of Topliss-reactive ketones (excluding diaryl/α,β-unsaturated/α-hetero) is 1. The summed E-state index contributed by atoms with van der Waals surface area (Å²) in [5, 5.41) is 0. The third-order valence-corrected chi connectivity index (χ3v) is 3.13. The number of hydrogen-bond acceptors (Lipinski definition) is 4. The average molecular weight is 338 g/mol. The number of pyridine rings is 1. The minimum absolute atomic E-state index is 0.0536. The Hall–Kier alpha value is -2.90. The van der Waals surface area contributed by atoms with E-state index < -0.39 is 12.1 Å². The predicted molar refractivity (Wildman–Crippen MR) is 81.6 cm³/mol. The maximum atomic E-state index is 12.2. The van der Waals surface area contributed by atoms with Crippen molar-refractivity contribution in [3.8, 4) is 5.75 Å². The van der Waals surface area contributed by atoms with E-state index in [0.29, 0.717) is 11.3 Å². The molecule has 0 aliphatic carbocycles. The second kappa shape index (κ2) is 7.12. The molecule has 5 nitrogen and oxygen atoms in total. The fourth-order valence-corrected chi connectivity index (χ4v) is 2.00. The van der Waals surface area contributed by atoms with Gasteiger partial charge in [-0.2, -0.15) is 0 Å². The number of aromatic nitrogens is 1. The number of halogens is 3. The van der Waals surface area contributed by atoms with Gasteiger partial charge in [-0.15, -0.1) is 13.2 Å². The first-order valence-electron chi connectivity index (χ1n) is 6.82. The number of nitrogens with one attached hydrogen (secondary N) is 1. The van der Waals surface area contributed by atoms with Crippen molar-refractivity contribution in [2.75, 3.05) is 7.05 Å². The van der Waals surface area contributed by atoms with Crippen LogP contribution in [0.4, 0.5) is 13.2 Å². The van der Waals surface area contributed by atoms with Crippen LogP contribution in [0.1, 0.15) is 22.3 Å². The van der Waals surface area contributed by atoms with Gasteiger partial charge in [-0.25, -0.2) is 0 Å². The molecule has 2 rings (SSSR count). The van der Waals surface area contributed by atoms with E-state index in [1.807, 2.05) is 0 Å². The first kappa shape index (κ1) is 17.5. The lowest BCUT2D eigenvalue weighted by molar-refractivity contribution is -0.274. The van der Waals surface area contributed by atoms with E-state index in [2.05, 4.69) is 14.7 Å². The first-order chi connectivity index (χ1) is 11.3. The van der Waals surface area contributed by atoms with Gasteiger partial charge >= 0.3 is 6.36 Å². The van der Waals surface area contributed by atoms with E-state index in [1.54, 1.807) is 0 Å². The molecule has 0 aliphatic rings. The Balaban J connectivity index is 2.11. The highest BCUT2D eigenvalue weighted by Crippen LogP contribution is 2.23. The topological polar surface area (TPSA) is 71.5 Å². The van der Waals surface area contributed by atoms with Gasteiger partial charge in [0.05, 0.1) is 12.1 Å². The van der Waals surface area contributed by atoms with Crippen molar-refractivity contribution >= 4 is 11.5 Å². The van der Waals surface area contributed by atoms with Crippen molar-refractivity contribution in [3.63, 3.8) is 0 Å². The SMILES string of the molecule is CN=C(CC(=O)c1ccc(OC(F)(F)F)cc1)c1ccc(=O)[nH]c1. The van der Waals surface area contributed by atoms with Crippen molar-refractivity contribution in [1.82, 2.24) is 4.98 Å². The van der Waals surface area contributed by atoms with Crippen molar-refractivity contribution in [1.29, 1.82) is 0 Å². The molecular weight excluding hydrogens is 325 g/mol. The molecule has 0 atom stereocenters. The second-order valence-electron chi connectivity index (χ2n) is 4.78. The van der Waals surface area contributed by atoms with Gasteiger partial charge in [0.15, 0.2) is 5.78 Å². The Morgan fingerprint density at radius 3 is 2.25 bits per heavy atom. The van der Waals surface area contributed by atoms with E-state index in [-0.39, 0.29) is 23.3 Å². The van der Waals surface area contributed by atoms with E-state index in [4.69, 9.17) is 0 Å². The van der Waals surface area contributed by atoms with Gasteiger partial charge in [-0.3, -0.25) is 14.6 Å². The molecule has 0 fully saturated rings. The quantitative estimate of drug-likeness (QED) is 0.673. The van der Waals surface area contributed by atoms with Crippen molar-refractivity contribution in [2.45, 2.75) is 12.8 Å². The predicted octanol–water partition coefficient (Wildman–Crippen LogP) is 2.97. The fourth-order valence-electron chi connectivity index (χ4n) is 2.00. The highest BCUT2D eigenvalue weighted by molar-refractivity contribution is 6.15. The number of carbonyl (C=O) groups is 1. The number of alkyl halides is 3. The average Bonchev–Trinajstić information content (AvgIpc) is 2.52. The summed E-state index contributed by atoms with van der Waals surface area (Å²) in [5.41, 5.74) is 0.991. The van der Waals surface area contributed by atoms with Crippen LogP contribution in [-0.4, -0.2) is 29.9 Å². The number of H-pyrrole nitrogens is 1. The Kier molecular flexibility index (Phi) is 5.18. The van der Waals surface area contributed by atoms with Gasteiger partial charge in [0.2, 0.25) is 5.56 Å². The molecule has 1 aromatic carbocycles. The van der Waals surface area contributed by atoms with Gasteiger partial charge in [0, 0.05) is 30.4 Å². The van der Waals surface area contributed by atoms with E-state index in [0.717, 1.165) is 12.1 Å². The maximum absolute atomic E-state index is 12.2. The number of nitrogens with zero attached hydrogens (tertiary/aromatic N) is 1. The molecule has 0 saturated carbocycles. The zero-order chi connectivity index (χ0) is 17.7. The molecule has 0 unspecified atom stereocenters. The van der Waals surface area contributed by atoms with Crippen molar-refractivity contribution in [3.05, 3.63) is 64.1 Å². The fraction of sp³-hybridized carbons (Fsp3) is 0.188. The summed E-state index contributed by atoms with van der Waals surface area (Å²) < 4.78 is 40.1. The second-order valence-corrected chi connectivity index (χ2v) is 4.78. The Morgan fingerprint density at radius 1 is 1.12 bits per heavy atom.